The standard InChI is InChI=1S/C20H24N4O/c1-14(2)11-23-9-7-16-17(5-4-6-19(16)23)20(25)24-10-8-18-15(13-24)12-22(3)21-18/h4-7,9,12,14H,8,10-11,13H2,1-3H3. The molecule has 2 aromatic heterocycles. The largest absolute Gasteiger partial charge is 0.347 e. The van der Waals surface area contributed by atoms with Crippen molar-refractivity contribution in [1.29, 1.82) is 0 Å². The van der Waals surface area contributed by atoms with Crippen molar-refractivity contribution in [1.82, 2.24) is 19.2 Å². The summed E-state index contributed by atoms with van der Waals surface area (Å²) in [7, 11) is 1.93. The average Bonchev–Trinajstić information content (AvgIpc) is 3.15. The van der Waals surface area contributed by atoms with Crippen LogP contribution in [-0.2, 0) is 26.6 Å². The van der Waals surface area contributed by atoms with Crippen molar-refractivity contribution in [2.75, 3.05) is 6.54 Å². The summed E-state index contributed by atoms with van der Waals surface area (Å²) in [5.74, 6) is 0.684. The first-order chi connectivity index (χ1) is 12.0. The molecule has 0 saturated carbocycles. The van der Waals surface area contributed by atoms with Gasteiger partial charge in [0.25, 0.3) is 5.91 Å². The van der Waals surface area contributed by atoms with Gasteiger partial charge in [-0.1, -0.05) is 19.9 Å². The summed E-state index contributed by atoms with van der Waals surface area (Å²) in [5.41, 5.74) is 4.21. The number of benzene rings is 1. The summed E-state index contributed by atoms with van der Waals surface area (Å²) in [4.78, 5) is 15.1. The lowest BCUT2D eigenvalue weighted by Crippen LogP contribution is -2.35. The Kier molecular flexibility index (Phi) is 3.86. The molecule has 0 radical (unpaired) electrons. The summed E-state index contributed by atoms with van der Waals surface area (Å²) in [5, 5.41) is 5.52. The highest BCUT2D eigenvalue weighted by Crippen LogP contribution is 2.25. The number of aromatic nitrogens is 3. The fraction of sp³-hybridized carbons (Fsp3) is 0.400. The van der Waals surface area contributed by atoms with E-state index in [0.29, 0.717) is 12.5 Å². The number of amides is 1. The van der Waals surface area contributed by atoms with Crippen LogP contribution < -0.4 is 0 Å². The van der Waals surface area contributed by atoms with Gasteiger partial charge < -0.3 is 9.47 Å². The quantitative estimate of drug-likeness (QED) is 0.737. The zero-order chi connectivity index (χ0) is 17.6. The van der Waals surface area contributed by atoms with Gasteiger partial charge in [0.15, 0.2) is 0 Å². The minimum absolute atomic E-state index is 0.113. The van der Waals surface area contributed by atoms with Crippen molar-refractivity contribution in [3.8, 4) is 0 Å². The van der Waals surface area contributed by atoms with Crippen LogP contribution in [0, 0.1) is 5.92 Å². The van der Waals surface area contributed by atoms with E-state index in [1.165, 1.54) is 0 Å². The van der Waals surface area contributed by atoms with Gasteiger partial charge in [-0.25, -0.2) is 0 Å². The SMILES string of the molecule is CC(C)Cn1ccc2c(C(=O)N3CCc4nn(C)cc4C3)cccc21. The van der Waals surface area contributed by atoms with Crippen molar-refractivity contribution in [3.63, 3.8) is 0 Å². The Hall–Kier alpha value is -2.56. The smallest absolute Gasteiger partial charge is 0.254 e. The maximum Gasteiger partial charge on any atom is 0.254 e. The monoisotopic (exact) mass is 336 g/mol. The fourth-order valence-electron chi connectivity index (χ4n) is 3.76. The van der Waals surface area contributed by atoms with Crippen LogP contribution in [0.25, 0.3) is 10.9 Å². The van der Waals surface area contributed by atoms with Crippen LogP contribution in [0.5, 0.6) is 0 Å². The van der Waals surface area contributed by atoms with Crippen LogP contribution in [0.4, 0.5) is 0 Å². The Morgan fingerprint density at radius 3 is 2.92 bits per heavy atom. The van der Waals surface area contributed by atoms with E-state index in [4.69, 9.17) is 0 Å². The minimum atomic E-state index is 0.113. The van der Waals surface area contributed by atoms with E-state index in [1.54, 1.807) is 0 Å². The molecule has 1 aromatic carbocycles. The van der Waals surface area contributed by atoms with Crippen LogP contribution >= 0.6 is 0 Å². The lowest BCUT2D eigenvalue weighted by atomic mass is 10.0. The molecule has 0 spiro atoms. The zero-order valence-electron chi connectivity index (χ0n) is 15.1. The number of aryl methyl sites for hydroxylation is 1. The lowest BCUT2D eigenvalue weighted by Gasteiger charge is -2.26. The molecule has 3 aromatic rings. The van der Waals surface area contributed by atoms with Crippen LogP contribution in [0.2, 0.25) is 0 Å². The van der Waals surface area contributed by atoms with Gasteiger partial charge in [0, 0.05) is 67.5 Å². The number of carbonyl (C=O) groups excluding carboxylic acids is 1. The van der Waals surface area contributed by atoms with Crippen LogP contribution in [-0.4, -0.2) is 31.7 Å². The first kappa shape index (κ1) is 15.9. The molecule has 25 heavy (non-hydrogen) atoms. The van der Waals surface area contributed by atoms with E-state index in [2.05, 4.69) is 41.8 Å². The molecule has 0 bridgehead atoms. The van der Waals surface area contributed by atoms with Gasteiger partial charge in [-0.3, -0.25) is 9.48 Å². The number of hydrogen-bond donors (Lipinski definition) is 0. The third kappa shape index (κ3) is 2.84. The number of carbonyl (C=O) groups is 1. The topological polar surface area (TPSA) is 43.1 Å². The van der Waals surface area contributed by atoms with Crippen LogP contribution in [0.1, 0.15) is 35.5 Å². The second kappa shape index (κ2) is 6.06. The summed E-state index contributed by atoms with van der Waals surface area (Å²) in [6.07, 6.45) is 4.94. The van der Waals surface area contributed by atoms with Gasteiger partial charge in [0.1, 0.15) is 0 Å². The molecule has 5 heteroatoms. The van der Waals surface area contributed by atoms with Crippen LogP contribution in [0.15, 0.2) is 36.7 Å². The number of rotatable bonds is 3. The number of nitrogens with zero attached hydrogens (tertiary/aromatic N) is 4. The summed E-state index contributed by atoms with van der Waals surface area (Å²) in [6.45, 7) is 6.75. The highest BCUT2D eigenvalue weighted by Gasteiger charge is 2.25. The third-order valence-electron chi connectivity index (χ3n) is 4.86. The maximum absolute atomic E-state index is 13.2. The summed E-state index contributed by atoms with van der Waals surface area (Å²) < 4.78 is 4.08. The second-order valence-corrected chi connectivity index (χ2v) is 7.35. The molecule has 0 aliphatic carbocycles. The molecule has 1 amide bonds. The molecule has 1 aliphatic heterocycles. The van der Waals surface area contributed by atoms with Gasteiger partial charge in [-0.05, 0) is 24.1 Å². The molecule has 0 atom stereocenters. The molecule has 3 heterocycles. The van der Waals surface area contributed by atoms with Crippen molar-refractivity contribution in [2.45, 2.75) is 33.4 Å². The second-order valence-electron chi connectivity index (χ2n) is 7.35. The van der Waals surface area contributed by atoms with Crippen molar-refractivity contribution >= 4 is 16.8 Å². The Morgan fingerprint density at radius 1 is 1.28 bits per heavy atom. The van der Waals surface area contributed by atoms with Gasteiger partial charge in [-0.15, -0.1) is 0 Å². The molecule has 0 unspecified atom stereocenters. The Balaban J connectivity index is 1.65. The molecule has 130 valence electrons. The third-order valence-corrected chi connectivity index (χ3v) is 4.86. The van der Waals surface area contributed by atoms with E-state index < -0.39 is 0 Å². The van der Waals surface area contributed by atoms with Crippen molar-refractivity contribution in [3.05, 3.63) is 53.5 Å². The normalized spacial score (nSPS) is 14.3. The molecule has 0 N–H and O–H groups in total. The Bertz CT molecular complexity index is 934. The Morgan fingerprint density at radius 2 is 2.12 bits per heavy atom. The van der Waals surface area contributed by atoms with Crippen molar-refractivity contribution in [2.24, 2.45) is 13.0 Å². The minimum Gasteiger partial charge on any atom is -0.347 e. The van der Waals surface area contributed by atoms with Gasteiger partial charge in [-0.2, -0.15) is 5.10 Å². The Labute approximate surface area is 147 Å². The molecule has 1 aliphatic rings. The predicted octanol–water partition coefficient (Wildman–Crippen LogP) is 3.23. The van der Waals surface area contributed by atoms with Gasteiger partial charge in [0.05, 0.1) is 5.69 Å². The summed E-state index contributed by atoms with van der Waals surface area (Å²) in [6, 6.07) is 8.11. The van der Waals surface area contributed by atoms with Gasteiger partial charge >= 0.3 is 0 Å². The number of fused-ring (bicyclic) bond motifs is 2. The molecule has 5 nitrogen and oxygen atoms in total. The molecule has 0 saturated heterocycles. The van der Waals surface area contributed by atoms with E-state index in [1.807, 2.05) is 35.0 Å². The maximum atomic E-state index is 13.2. The molecular weight excluding hydrogens is 312 g/mol. The predicted molar refractivity (Wildman–Crippen MR) is 98.4 cm³/mol. The average molecular weight is 336 g/mol. The van der Waals surface area contributed by atoms with E-state index in [9.17, 15) is 4.79 Å². The van der Waals surface area contributed by atoms with Crippen LogP contribution in [0.3, 0.4) is 0 Å². The lowest BCUT2D eigenvalue weighted by molar-refractivity contribution is 0.0736. The molecule has 0 fully saturated rings. The van der Waals surface area contributed by atoms with E-state index in [0.717, 1.165) is 47.2 Å². The van der Waals surface area contributed by atoms with Crippen molar-refractivity contribution < 1.29 is 4.79 Å². The fourth-order valence-corrected chi connectivity index (χ4v) is 3.76. The first-order valence-electron chi connectivity index (χ1n) is 8.91. The highest BCUT2D eigenvalue weighted by molar-refractivity contribution is 6.06. The van der Waals surface area contributed by atoms with Gasteiger partial charge in [0.2, 0.25) is 0 Å². The highest BCUT2D eigenvalue weighted by atomic mass is 16.2. The summed E-state index contributed by atoms with van der Waals surface area (Å²) >= 11 is 0. The first-order valence-corrected chi connectivity index (χ1v) is 8.91. The van der Waals surface area contributed by atoms with E-state index >= 15 is 0 Å². The number of hydrogen-bond acceptors (Lipinski definition) is 2. The molecular formula is C20H24N4O. The van der Waals surface area contributed by atoms with E-state index in [-0.39, 0.29) is 5.91 Å². The zero-order valence-corrected chi connectivity index (χ0v) is 15.1. The molecule has 4 rings (SSSR count).